The van der Waals surface area contributed by atoms with Gasteiger partial charge in [0.1, 0.15) is 48.5 Å². The highest BCUT2D eigenvalue weighted by atomic mass is 127. The number of aliphatic hydroxyl groups is 2. The van der Waals surface area contributed by atoms with Gasteiger partial charge in [-0.05, 0) is 46.9 Å². The van der Waals surface area contributed by atoms with Crippen LogP contribution < -0.4 is 10.5 Å². The van der Waals surface area contributed by atoms with E-state index in [4.69, 9.17) is 15.2 Å². The van der Waals surface area contributed by atoms with Crippen LogP contribution in [0.15, 0.2) is 48.9 Å². The van der Waals surface area contributed by atoms with E-state index >= 15 is 0 Å². The molecule has 9 nitrogen and oxygen atoms in total. The van der Waals surface area contributed by atoms with E-state index in [1.165, 1.54) is 6.33 Å². The van der Waals surface area contributed by atoms with Crippen LogP contribution >= 0.6 is 22.6 Å². The van der Waals surface area contributed by atoms with Gasteiger partial charge < -0.3 is 25.4 Å². The zero-order chi connectivity index (χ0) is 20.8. The molecule has 4 N–H and O–H groups in total. The fraction of sp³-hybridized carbons (Fsp3) is 0.250. The number of rotatable bonds is 4. The fourth-order valence-electron chi connectivity index (χ4n) is 3.66. The maximum atomic E-state index is 10.7. The first-order valence-electron chi connectivity index (χ1n) is 9.29. The van der Waals surface area contributed by atoms with E-state index in [1.807, 2.05) is 36.4 Å². The number of nitrogen functional groups attached to an aromatic ring is 1. The lowest BCUT2D eigenvalue weighted by Gasteiger charge is -2.18. The molecule has 0 saturated carbocycles. The molecule has 1 saturated heterocycles. The smallest absolute Gasteiger partial charge is 0.165 e. The van der Waals surface area contributed by atoms with E-state index in [9.17, 15) is 10.2 Å². The molecular weight excluding hydrogens is 501 g/mol. The Hall–Kier alpha value is -2.54. The van der Waals surface area contributed by atoms with E-state index in [2.05, 4.69) is 37.5 Å². The molecule has 0 unspecified atom stereocenters. The van der Waals surface area contributed by atoms with Crippen molar-refractivity contribution in [2.45, 2.75) is 24.5 Å². The monoisotopic (exact) mass is 519 g/mol. The predicted molar refractivity (Wildman–Crippen MR) is 118 cm³/mol. The van der Waals surface area contributed by atoms with E-state index in [0.717, 1.165) is 14.6 Å². The summed E-state index contributed by atoms with van der Waals surface area (Å²) >= 11 is 2.11. The number of anilines is 1. The Kier molecular flexibility index (Phi) is 4.93. The van der Waals surface area contributed by atoms with Crippen molar-refractivity contribution in [3.8, 4) is 5.75 Å². The van der Waals surface area contributed by atoms with Crippen LogP contribution in [0, 0.1) is 3.70 Å². The molecule has 30 heavy (non-hydrogen) atoms. The Bertz CT molecular complexity index is 1230. The number of aromatic nitrogens is 4. The van der Waals surface area contributed by atoms with Gasteiger partial charge >= 0.3 is 0 Å². The largest absolute Gasteiger partial charge is 0.491 e. The number of nitrogens with two attached hydrogens (primary N) is 1. The molecule has 4 atom stereocenters. The number of aliphatic hydroxyl groups excluding tert-OH is 2. The van der Waals surface area contributed by atoms with Crippen LogP contribution in [0.4, 0.5) is 5.82 Å². The average Bonchev–Trinajstić information content (AvgIpc) is 3.23. The average molecular weight is 519 g/mol. The van der Waals surface area contributed by atoms with E-state index in [-0.39, 0.29) is 6.61 Å². The van der Waals surface area contributed by atoms with Crippen LogP contribution in [0.25, 0.3) is 21.9 Å². The number of ether oxygens (including phenoxy) is 2. The second-order valence-corrected chi connectivity index (χ2v) is 8.15. The van der Waals surface area contributed by atoms with Gasteiger partial charge in [0.25, 0.3) is 0 Å². The van der Waals surface area contributed by atoms with Crippen LogP contribution in [0.1, 0.15) is 6.23 Å². The Labute approximate surface area is 184 Å². The number of halogens is 1. The molecule has 154 valence electrons. The number of hydrogen-bond acceptors (Lipinski definition) is 8. The van der Waals surface area contributed by atoms with Gasteiger partial charge in [0.05, 0.1) is 14.6 Å². The summed E-state index contributed by atoms with van der Waals surface area (Å²) in [6, 6.07) is 11.2. The van der Waals surface area contributed by atoms with Crippen LogP contribution in [0.2, 0.25) is 0 Å². The minimum Gasteiger partial charge on any atom is -0.491 e. The first-order chi connectivity index (χ1) is 14.5. The third-order valence-electron chi connectivity index (χ3n) is 5.20. The zero-order valence-corrected chi connectivity index (χ0v) is 17.7. The van der Waals surface area contributed by atoms with Crippen LogP contribution in [0.3, 0.4) is 0 Å². The lowest BCUT2D eigenvalue weighted by Crippen LogP contribution is -2.34. The molecule has 1 aliphatic rings. The summed E-state index contributed by atoms with van der Waals surface area (Å²) in [4.78, 5) is 12.6. The molecule has 4 aromatic rings. The summed E-state index contributed by atoms with van der Waals surface area (Å²) in [5.74, 6) is 0.950. The van der Waals surface area contributed by atoms with Crippen LogP contribution in [-0.4, -0.2) is 54.7 Å². The normalized spacial score (nSPS) is 24.0. The third kappa shape index (κ3) is 3.25. The Balaban J connectivity index is 1.37. The minimum atomic E-state index is -1.16. The summed E-state index contributed by atoms with van der Waals surface area (Å²) in [5.41, 5.74) is 7.28. The van der Waals surface area contributed by atoms with E-state index in [1.54, 1.807) is 10.8 Å². The maximum absolute atomic E-state index is 10.7. The van der Waals surface area contributed by atoms with Crippen molar-refractivity contribution < 1.29 is 19.7 Å². The van der Waals surface area contributed by atoms with Crippen molar-refractivity contribution in [3.05, 3.63) is 52.6 Å². The molecule has 0 aliphatic carbocycles. The van der Waals surface area contributed by atoms with Crippen molar-refractivity contribution in [3.63, 3.8) is 0 Å². The summed E-state index contributed by atoms with van der Waals surface area (Å²) in [6.07, 6.45) is -0.757. The standard InChI is InChI=1S/C20H18IN5O4/c21-15-7-12-18(22)24-9-25-19(12)26(15)20-17(28)16(27)14(30-20)8-29-11-4-3-10-2-1-5-23-13(10)6-11/h1-7,9,14,16-17,20,27-28H,8H2,(H2,22,24,25)/t14-,16-,17-,20-/m1/s1. The van der Waals surface area contributed by atoms with Crippen molar-refractivity contribution in [1.82, 2.24) is 19.5 Å². The topological polar surface area (TPSA) is 129 Å². The van der Waals surface area contributed by atoms with Crippen molar-refractivity contribution in [1.29, 1.82) is 0 Å². The Morgan fingerprint density at radius 2 is 2.00 bits per heavy atom. The fourth-order valence-corrected chi connectivity index (χ4v) is 4.47. The first kappa shape index (κ1) is 19.4. The quantitative estimate of drug-likeness (QED) is 0.349. The number of fused-ring (bicyclic) bond motifs is 2. The second-order valence-electron chi connectivity index (χ2n) is 7.05. The number of hydrogen-bond donors (Lipinski definition) is 3. The molecular formula is C20H18IN5O4. The predicted octanol–water partition coefficient (Wildman–Crippen LogP) is 1.86. The molecule has 0 radical (unpaired) electrons. The summed E-state index contributed by atoms with van der Waals surface area (Å²) in [5, 5.41) is 22.9. The maximum Gasteiger partial charge on any atom is 0.165 e. The van der Waals surface area contributed by atoms with Gasteiger partial charge in [0.15, 0.2) is 6.23 Å². The molecule has 1 fully saturated rings. The highest BCUT2D eigenvalue weighted by Crippen LogP contribution is 2.35. The lowest BCUT2D eigenvalue weighted by molar-refractivity contribution is -0.0483. The Morgan fingerprint density at radius 3 is 2.87 bits per heavy atom. The van der Waals surface area contributed by atoms with Gasteiger partial charge in [-0.15, -0.1) is 0 Å². The van der Waals surface area contributed by atoms with E-state index in [0.29, 0.717) is 22.6 Å². The summed E-state index contributed by atoms with van der Waals surface area (Å²) < 4.78 is 14.3. The Morgan fingerprint density at radius 1 is 1.13 bits per heavy atom. The SMILES string of the molecule is Nc1ncnc2c1cc(I)n2[C@@H]1O[C@H](COc2ccc3cccnc3c2)[C@@H](O)[C@H]1O. The molecule has 3 aromatic heterocycles. The molecule has 0 amide bonds. The number of pyridine rings is 1. The molecule has 0 bridgehead atoms. The minimum absolute atomic E-state index is 0.0694. The second kappa shape index (κ2) is 7.61. The summed E-state index contributed by atoms with van der Waals surface area (Å²) in [6.45, 7) is 0.0694. The van der Waals surface area contributed by atoms with E-state index < -0.39 is 24.5 Å². The van der Waals surface area contributed by atoms with Gasteiger partial charge in [-0.2, -0.15) is 0 Å². The number of benzene rings is 1. The zero-order valence-electron chi connectivity index (χ0n) is 15.6. The van der Waals surface area contributed by atoms with Gasteiger partial charge in [-0.25, -0.2) is 9.97 Å². The molecule has 0 spiro atoms. The lowest BCUT2D eigenvalue weighted by atomic mass is 10.1. The highest BCUT2D eigenvalue weighted by molar-refractivity contribution is 14.1. The molecule has 10 heteroatoms. The highest BCUT2D eigenvalue weighted by Gasteiger charge is 2.45. The number of nitrogens with zero attached hydrogens (tertiary/aromatic N) is 4. The van der Waals surface area contributed by atoms with Gasteiger partial charge in [0, 0.05) is 17.6 Å². The molecule has 5 rings (SSSR count). The van der Waals surface area contributed by atoms with Gasteiger partial charge in [-0.3, -0.25) is 9.55 Å². The van der Waals surface area contributed by atoms with Crippen molar-refractivity contribution in [2.75, 3.05) is 12.3 Å². The molecule has 4 heterocycles. The van der Waals surface area contributed by atoms with Crippen LogP contribution in [-0.2, 0) is 4.74 Å². The van der Waals surface area contributed by atoms with Crippen LogP contribution in [0.5, 0.6) is 5.75 Å². The molecule has 1 aromatic carbocycles. The summed E-state index contributed by atoms with van der Waals surface area (Å²) in [7, 11) is 0. The third-order valence-corrected chi connectivity index (χ3v) is 6.03. The van der Waals surface area contributed by atoms with Gasteiger partial charge in [0.2, 0.25) is 0 Å². The van der Waals surface area contributed by atoms with Crippen molar-refractivity contribution >= 4 is 50.3 Å². The van der Waals surface area contributed by atoms with Crippen molar-refractivity contribution in [2.24, 2.45) is 0 Å². The first-order valence-corrected chi connectivity index (χ1v) is 10.4. The van der Waals surface area contributed by atoms with Gasteiger partial charge in [-0.1, -0.05) is 6.07 Å². The molecule has 1 aliphatic heterocycles.